The van der Waals surface area contributed by atoms with Crippen LogP contribution in [-0.2, 0) is 9.59 Å². The lowest BCUT2D eigenvalue weighted by molar-refractivity contribution is -0.123. The van der Waals surface area contributed by atoms with Gasteiger partial charge in [-0.15, -0.1) is 0 Å². The minimum Gasteiger partial charge on any atom is -0.373 e. The molecule has 1 atom stereocenters. The van der Waals surface area contributed by atoms with Crippen LogP contribution in [-0.4, -0.2) is 17.9 Å². The molecule has 0 saturated carbocycles. The Hall–Kier alpha value is -1.75. The molecule has 0 radical (unpaired) electrons. The molecule has 5 N–H and O–H groups in total. The van der Waals surface area contributed by atoms with Gasteiger partial charge in [-0.25, -0.2) is 0 Å². The number of carbonyl (C=O) groups is 2. The highest BCUT2D eigenvalue weighted by molar-refractivity contribution is 6.30. The van der Waals surface area contributed by atoms with Crippen LogP contribution < -0.4 is 16.8 Å². The fourth-order valence-electron chi connectivity index (χ4n) is 1.20. The van der Waals surface area contributed by atoms with E-state index < -0.39 is 17.9 Å². The second kappa shape index (κ2) is 5.37. The van der Waals surface area contributed by atoms with Crippen LogP contribution in [0.3, 0.4) is 0 Å². The Balaban J connectivity index is 2.75. The largest absolute Gasteiger partial charge is 0.373 e. The molecule has 0 fully saturated rings. The van der Waals surface area contributed by atoms with Crippen LogP contribution in [0.5, 0.6) is 0 Å². The van der Waals surface area contributed by atoms with Crippen molar-refractivity contribution in [2.24, 2.45) is 11.5 Å². The molecule has 86 valence electrons. The average Bonchev–Trinajstić information content (AvgIpc) is 2.15. The SMILES string of the molecule is NC(=O)CC(Nc1cccc(Cl)c1)C(N)=O. The minimum atomic E-state index is -0.823. The van der Waals surface area contributed by atoms with Crippen molar-refractivity contribution in [3.63, 3.8) is 0 Å². The van der Waals surface area contributed by atoms with Crippen LogP contribution in [0.2, 0.25) is 5.02 Å². The third-order valence-corrected chi connectivity index (χ3v) is 2.15. The third kappa shape index (κ3) is 3.78. The molecule has 5 nitrogen and oxygen atoms in total. The Morgan fingerprint density at radius 1 is 1.38 bits per heavy atom. The van der Waals surface area contributed by atoms with Gasteiger partial charge in [0.15, 0.2) is 0 Å². The van der Waals surface area contributed by atoms with E-state index in [0.29, 0.717) is 10.7 Å². The lowest BCUT2D eigenvalue weighted by Gasteiger charge is -2.15. The molecule has 0 aromatic heterocycles. The number of primary amides is 2. The van der Waals surface area contributed by atoms with Gasteiger partial charge in [-0.05, 0) is 18.2 Å². The summed E-state index contributed by atoms with van der Waals surface area (Å²) in [4.78, 5) is 21.8. The van der Waals surface area contributed by atoms with Gasteiger partial charge in [0.2, 0.25) is 11.8 Å². The van der Waals surface area contributed by atoms with Gasteiger partial charge in [-0.3, -0.25) is 9.59 Å². The highest BCUT2D eigenvalue weighted by Gasteiger charge is 2.17. The van der Waals surface area contributed by atoms with Crippen LogP contribution in [0, 0.1) is 0 Å². The number of anilines is 1. The molecule has 0 bridgehead atoms. The number of hydrogen-bond donors (Lipinski definition) is 3. The summed E-state index contributed by atoms with van der Waals surface area (Å²) >= 11 is 5.77. The van der Waals surface area contributed by atoms with Gasteiger partial charge in [0.05, 0.1) is 6.42 Å². The Morgan fingerprint density at radius 2 is 2.06 bits per heavy atom. The van der Waals surface area contributed by atoms with Crippen molar-refractivity contribution in [3.8, 4) is 0 Å². The number of halogens is 1. The number of hydrogen-bond acceptors (Lipinski definition) is 3. The zero-order valence-corrected chi connectivity index (χ0v) is 9.20. The summed E-state index contributed by atoms with van der Waals surface area (Å²) in [5, 5.41) is 3.31. The van der Waals surface area contributed by atoms with Gasteiger partial charge in [0.1, 0.15) is 6.04 Å². The molecule has 2 amide bonds. The Labute approximate surface area is 97.7 Å². The predicted molar refractivity (Wildman–Crippen MR) is 61.9 cm³/mol. The Kier molecular flexibility index (Phi) is 4.13. The first-order valence-electron chi connectivity index (χ1n) is 4.59. The first kappa shape index (κ1) is 12.3. The molecule has 0 heterocycles. The van der Waals surface area contributed by atoms with E-state index in [1.54, 1.807) is 24.3 Å². The average molecular weight is 242 g/mol. The molecular formula is C10H12ClN3O2. The lowest BCUT2D eigenvalue weighted by Crippen LogP contribution is -2.38. The topological polar surface area (TPSA) is 98.2 Å². The van der Waals surface area contributed by atoms with Crippen molar-refractivity contribution in [1.29, 1.82) is 0 Å². The van der Waals surface area contributed by atoms with E-state index >= 15 is 0 Å². The van der Waals surface area contributed by atoms with Gasteiger partial charge >= 0.3 is 0 Å². The third-order valence-electron chi connectivity index (χ3n) is 1.91. The van der Waals surface area contributed by atoms with Crippen molar-refractivity contribution in [3.05, 3.63) is 29.3 Å². The molecule has 0 aliphatic rings. The lowest BCUT2D eigenvalue weighted by atomic mass is 10.1. The van der Waals surface area contributed by atoms with Crippen LogP contribution in [0.25, 0.3) is 0 Å². The molecule has 16 heavy (non-hydrogen) atoms. The summed E-state index contributed by atoms with van der Waals surface area (Å²) in [7, 11) is 0. The maximum absolute atomic E-state index is 11.0. The molecular weight excluding hydrogens is 230 g/mol. The highest BCUT2D eigenvalue weighted by Crippen LogP contribution is 2.16. The molecule has 1 rings (SSSR count). The van der Waals surface area contributed by atoms with E-state index in [1.165, 1.54) is 0 Å². The summed E-state index contributed by atoms with van der Waals surface area (Å²) in [6, 6.07) is 5.92. The molecule has 6 heteroatoms. The van der Waals surface area contributed by atoms with Crippen molar-refractivity contribution >= 4 is 29.1 Å². The van der Waals surface area contributed by atoms with E-state index in [1.807, 2.05) is 0 Å². The van der Waals surface area contributed by atoms with E-state index in [-0.39, 0.29) is 6.42 Å². The van der Waals surface area contributed by atoms with Gasteiger partial charge in [-0.1, -0.05) is 17.7 Å². The van der Waals surface area contributed by atoms with Crippen molar-refractivity contribution in [2.75, 3.05) is 5.32 Å². The van der Waals surface area contributed by atoms with Gasteiger partial charge in [-0.2, -0.15) is 0 Å². The second-order valence-electron chi connectivity index (χ2n) is 3.28. The predicted octanol–water partition coefficient (Wildman–Crippen LogP) is 0.481. The van der Waals surface area contributed by atoms with Crippen LogP contribution in [0.1, 0.15) is 6.42 Å². The van der Waals surface area contributed by atoms with E-state index in [9.17, 15) is 9.59 Å². The fourth-order valence-corrected chi connectivity index (χ4v) is 1.39. The normalized spacial score (nSPS) is 11.8. The first-order valence-corrected chi connectivity index (χ1v) is 4.96. The number of amides is 2. The van der Waals surface area contributed by atoms with Crippen molar-refractivity contribution in [2.45, 2.75) is 12.5 Å². The van der Waals surface area contributed by atoms with Crippen molar-refractivity contribution < 1.29 is 9.59 Å². The zero-order valence-electron chi connectivity index (χ0n) is 8.44. The highest BCUT2D eigenvalue weighted by atomic mass is 35.5. The maximum atomic E-state index is 11.0. The molecule has 0 saturated heterocycles. The summed E-state index contributed by atoms with van der Waals surface area (Å²) in [6.07, 6.45) is -0.151. The van der Waals surface area contributed by atoms with E-state index in [4.69, 9.17) is 23.1 Å². The Morgan fingerprint density at radius 3 is 2.56 bits per heavy atom. The summed E-state index contributed by atoms with van der Waals surface area (Å²) in [6.45, 7) is 0. The number of nitrogens with one attached hydrogen (secondary N) is 1. The summed E-state index contributed by atoms with van der Waals surface area (Å²) < 4.78 is 0. The monoisotopic (exact) mass is 241 g/mol. The standard InChI is InChI=1S/C10H12ClN3O2/c11-6-2-1-3-7(4-6)14-8(10(13)16)5-9(12)15/h1-4,8,14H,5H2,(H2,12,15)(H2,13,16). The van der Waals surface area contributed by atoms with Crippen LogP contribution in [0.15, 0.2) is 24.3 Å². The summed E-state index contributed by atoms with van der Waals surface area (Å²) in [5.41, 5.74) is 10.7. The number of carbonyl (C=O) groups excluding carboxylic acids is 2. The molecule has 0 aliphatic carbocycles. The Bertz CT molecular complexity index is 409. The maximum Gasteiger partial charge on any atom is 0.240 e. The number of nitrogens with two attached hydrogens (primary N) is 2. The number of benzene rings is 1. The van der Waals surface area contributed by atoms with Crippen LogP contribution >= 0.6 is 11.6 Å². The van der Waals surface area contributed by atoms with E-state index in [0.717, 1.165) is 0 Å². The summed E-state index contributed by atoms with van der Waals surface area (Å²) in [5.74, 6) is -1.24. The van der Waals surface area contributed by atoms with Gasteiger partial charge in [0, 0.05) is 10.7 Å². The van der Waals surface area contributed by atoms with Gasteiger partial charge in [0.25, 0.3) is 0 Å². The minimum absolute atomic E-state index is 0.151. The molecule has 0 spiro atoms. The van der Waals surface area contributed by atoms with Crippen molar-refractivity contribution in [1.82, 2.24) is 0 Å². The smallest absolute Gasteiger partial charge is 0.240 e. The number of rotatable bonds is 5. The quantitative estimate of drug-likeness (QED) is 0.699. The first-order chi connectivity index (χ1) is 7.49. The molecule has 0 aliphatic heterocycles. The van der Waals surface area contributed by atoms with Crippen LogP contribution in [0.4, 0.5) is 5.69 Å². The van der Waals surface area contributed by atoms with E-state index in [2.05, 4.69) is 5.32 Å². The molecule has 1 aromatic carbocycles. The zero-order chi connectivity index (χ0) is 12.1. The second-order valence-corrected chi connectivity index (χ2v) is 3.72. The fraction of sp³-hybridized carbons (Fsp3) is 0.200. The molecule has 1 unspecified atom stereocenters. The molecule has 1 aromatic rings. The van der Waals surface area contributed by atoms with Gasteiger partial charge < -0.3 is 16.8 Å².